The van der Waals surface area contributed by atoms with Crippen molar-refractivity contribution >= 4 is 23.0 Å². The molecule has 0 atom stereocenters. The fourth-order valence-corrected chi connectivity index (χ4v) is 3.77. The van der Waals surface area contributed by atoms with Crippen LogP contribution in [0.1, 0.15) is 42.1 Å². The summed E-state index contributed by atoms with van der Waals surface area (Å²) in [5.41, 5.74) is 5.21. The second-order valence-corrected chi connectivity index (χ2v) is 6.17. The van der Waals surface area contributed by atoms with Crippen LogP contribution in [0.3, 0.4) is 0 Å². The molecular weight excluding hydrogens is 284 g/mol. The van der Waals surface area contributed by atoms with Crippen LogP contribution in [-0.4, -0.2) is 29.3 Å². The molecule has 0 aromatic heterocycles. The maximum atomic E-state index is 13.0. The Balaban J connectivity index is 1.90. The van der Waals surface area contributed by atoms with E-state index >= 15 is 0 Å². The summed E-state index contributed by atoms with van der Waals surface area (Å²) >= 11 is 0. The first kappa shape index (κ1) is 14.2. The zero-order chi connectivity index (χ0) is 15.8. The van der Waals surface area contributed by atoms with E-state index in [4.69, 9.17) is 0 Å². The van der Waals surface area contributed by atoms with E-state index in [0.717, 1.165) is 42.0 Å². The number of para-hydroxylation sites is 2. The van der Waals surface area contributed by atoms with Crippen molar-refractivity contribution < 1.29 is 9.37 Å². The van der Waals surface area contributed by atoms with Gasteiger partial charge >= 0.3 is 5.91 Å². The zero-order valence-corrected chi connectivity index (χ0v) is 13.5. The largest absolute Gasteiger partial charge is 0.426 e. The van der Waals surface area contributed by atoms with Crippen molar-refractivity contribution in [2.45, 2.75) is 26.2 Å². The molecule has 3 nitrogen and oxygen atoms in total. The van der Waals surface area contributed by atoms with Gasteiger partial charge in [0.05, 0.1) is 5.56 Å². The number of nitrogens with zero attached hydrogens (tertiary/aromatic N) is 2. The van der Waals surface area contributed by atoms with Gasteiger partial charge in [0.1, 0.15) is 11.3 Å². The number of carbonyl (C=O) groups is 1. The second-order valence-electron chi connectivity index (χ2n) is 6.17. The smallest absolute Gasteiger partial charge is 0.366 e. The average molecular weight is 305 g/mol. The number of carbonyl (C=O) groups excluding carboxylic acids is 1. The standard InChI is InChI=1S/C20H21N2O/c1-2-17-15-9-3-4-10-16(15)20(23)22(17)19-12-6-5-11-18(19)21-13-7-8-14-21/h3-6,9-12H,2,7-8,13-14H2,1H3/q+1. The SMILES string of the molecule is CCC1=[N+](c2ccccc2N2CCCC2)C(=O)c2ccccc21. The third-order valence-corrected chi connectivity index (χ3v) is 4.85. The van der Waals surface area contributed by atoms with Crippen molar-refractivity contribution in [1.82, 2.24) is 0 Å². The molecule has 2 aromatic carbocycles. The van der Waals surface area contributed by atoms with Crippen LogP contribution in [0.5, 0.6) is 0 Å². The number of fused-ring (bicyclic) bond motifs is 1. The molecule has 4 rings (SSSR count). The van der Waals surface area contributed by atoms with Gasteiger partial charge < -0.3 is 4.90 Å². The average Bonchev–Trinajstić information content (AvgIpc) is 3.22. The highest BCUT2D eigenvalue weighted by Gasteiger charge is 2.39. The predicted octanol–water partition coefficient (Wildman–Crippen LogP) is 3.98. The molecule has 2 aliphatic rings. The molecule has 0 aliphatic carbocycles. The summed E-state index contributed by atoms with van der Waals surface area (Å²) in [6.07, 6.45) is 3.30. The van der Waals surface area contributed by atoms with Crippen molar-refractivity contribution in [2.75, 3.05) is 18.0 Å². The molecule has 0 bridgehead atoms. The molecule has 2 heterocycles. The number of hydrogen-bond donors (Lipinski definition) is 0. The molecule has 0 spiro atoms. The first-order valence-corrected chi connectivity index (χ1v) is 8.45. The highest BCUT2D eigenvalue weighted by atomic mass is 16.2. The molecule has 2 aromatic rings. The lowest BCUT2D eigenvalue weighted by atomic mass is 10.0. The fourth-order valence-electron chi connectivity index (χ4n) is 3.77. The second kappa shape index (κ2) is 5.65. The van der Waals surface area contributed by atoms with E-state index in [1.54, 1.807) is 0 Å². The van der Waals surface area contributed by atoms with Crippen LogP contribution in [0.4, 0.5) is 11.4 Å². The number of benzene rings is 2. The van der Waals surface area contributed by atoms with Crippen molar-refractivity contribution in [2.24, 2.45) is 0 Å². The lowest BCUT2D eigenvalue weighted by molar-refractivity contribution is -0.331. The monoisotopic (exact) mass is 305 g/mol. The lowest BCUT2D eigenvalue weighted by Gasteiger charge is -2.18. The third-order valence-electron chi connectivity index (χ3n) is 4.85. The Morgan fingerprint density at radius 2 is 1.61 bits per heavy atom. The molecule has 3 heteroatoms. The molecule has 1 saturated heterocycles. The minimum Gasteiger partial charge on any atom is -0.366 e. The molecule has 0 N–H and O–H groups in total. The van der Waals surface area contributed by atoms with Gasteiger partial charge in [0.15, 0.2) is 5.71 Å². The third kappa shape index (κ3) is 2.19. The van der Waals surface area contributed by atoms with E-state index in [0.29, 0.717) is 0 Å². The molecule has 1 amide bonds. The molecule has 116 valence electrons. The maximum absolute atomic E-state index is 13.0. The number of rotatable bonds is 3. The Morgan fingerprint density at radius 1 is 0.957 bits per heavy atom. The topological polar surface area (TPSA) is 23.3 Å². The van der Waals surface area contributed by atoms with Gasteiger partial charge in [-0.15, -0.1) is 4.58 Å². The Kier molecular flexibility index (Phi) is 3.49. The zero-order valence-electron chi connectivity index (χ0n) is 13.5. The van der Waals surface area contributed by atoms with Crippen LogP contribution in [0.2, 0.25) is 0 Å². The normalized spacial score (nSPS) is 17.1. The number of anilines is 1. The minimum absolute atomic E-state index is 0.101. The molecule has 0 saturated carbocycles. The van der Waals surface area contributed by atoms with Crippen molar-refractivity contribution in [1.29, 1.82) is 0 Å². The van der Waals surface area contributed by atoms with Crippen LogP contribution in [0.15, 0.2) is 48.5 Å². The summed E-state index contributed by atoms with van der Waals surface area (Å²) in [6.45, 7) is 4.27. The van der Waals surface area contributed by atoms with Gasteiger partial charge in [-0.1, -0.05) is 31.2 Å². The highest BCUT2D eigenvalue weighted by molar-refractivity contribution is 6.14. The summed E-state index contributed by atoms with van der Waals surface area (Å²) < 4.78 is 1.93. The van der Waals surface area contributed by atoms with Gasteiger partial charge in [0.2, 0.25) is 5.69 Å². The summed E-state index contributed by atoms with van der Waals surface area (Å²) in [4.78, 5) is 15.4. The Morgan fingerprint density at radius 3 is 2.35 bits per heavy atom. The van der Waals surface area contributed by atoms with E-state index < -0.39 is 0 Å². The number of hydrogen-bond acceptors (Lipinski definition) is 2. The van der Waals surface area contributed by atoms with Crippen molar-refractivity contribution in [3.8, 4) is 0 Å². The molecular formula is C20H21N2O+. The van der Waals surface area contributed by atoms with E-state index in [-0.39, 0.29) is 5.91 Å². The maximum Gasteiger partial charge on any atom is 0.426 e. The van der Waals surface area contributed by atoms with Gasteiger partial charge in [-0.05, 0) is 31.0 Å². The van der Waals surface area contributed by atoms with Crippen LogP contribution < -0.4 is 4.90 Å². The molecule has 1 fully saturated rings. The Labute approximate surface area is 136 Å². The lowest BCUT2D eigenvalue weighted by Crippen LogP contribution is -2.22. The van der Waals surface area contributed by atoms with E-state index in [1.165, 1.54) is 18.5 Å². The highest BCUT2D eigenvalue weighted by Crippen LogP contribution is 2.35. The van der Waals surface area contributed by atoms with Gasteiger partial charge in [-0.25, -0.2) is 4.79 Å². The summed E-state index contributed by atoms with van der Waals surface area (Å²) in [5.74, 6) is 0.101. The first-order chi connectivity index (χ1) is 11.3. The van der Waals surface area contributed by atoms with Crippen LogP contribution in [0.25, 0.3) is 0 Å². The molecule has 0 unspecified atom stereocenters. The summed E-state index contributed by atoms with van der Waals surface area (Å²) in [7, 11) is 0. The van der Waals surface area contributed by atoms with Crippen LogP contribution in [-0.2, 0) is 0 Å². The Hall–Kier alpha value is -2.42. The van der Waals surface area contributed by atoms with E-state index in [1.807, 2.05) is 28.8 Å². The molecule has 0 radical (unpaired) electrons. The number of amides is 1. The van der Waals surface area contributed by atoms with Gasteiger partial charge in [-0.3, -0.25) is 0 Å². The predicted molar refractivity (Wildman–Crippen MR) is 93.0 cm³/mol. The van der Waals surface area contributed by atoms with Crippen molar-refractivity contribution in [3.05, 3.63) is 59.7 Å². The van der Waals surface area contributed by atoms with Crippen LogP contribution >= 0.6 is 0 Å². The van der Waals surface area contributed by atoms with Crippen molar-refractivity contribution in [3.63, 3.8) is 0 Å². The minimum atomic E-state index is 0.101. The van der Waals surface area contributed by atoms with Gasteiger partial charge in [0.25, 0.3) is 0 Å². The van der Waals surface area contributed by atoms with E-state index in [9.17, 15) is 4.79 Å². The Bertz CT molecular complexity index is 801. The first-order valence-electron chi connectivity index (χ1n) is 8.45. The van der Waals surface area contributed by atoms with Crippen LogP contribution in [0, 0.1) is 0 Å². The molecule has 23 heavy (non-hydrogen) atoms. The quantitative estimate of drug-likeness (QED) is 0.801. The van der Waals surface area contributed by atoms with Gasteiger partial charge in [-0.2, -0.15) is 0 Å². The summed E-state index contributed by atoms with van der Waals surface area (Å²) in [6, 6.07) is 16.3. The summed E-state index contributed by atoms with van der Waals surface area (Å²) in [5, 5.41) is 0. The van der Waals surface area contributed by atoms with Gasteiger partial charge in [0, 0.05) is 25.6 Å². The molecule has 2 aliphatic heterocycles. The van der Waals surface area contributed by atoms with E-state index in [2.05, 4.69) is 36.1 Å². The fraction of sp³-hybridized carbons (Fsp3) is 0.300.